The molecule has 1 aromatic heterocycles. The van der Waals surface area contributed by atoms with Crippen LogP contribution < -0.4 is 0 Å². The predicted molar refractivity (Wildman–Crippen MR) is 123 cm³/mol. The summed E-state index contributed by atoms with van der Waals surface area (Å²) < 4.78 is 26.2. The van der Waals surface area contributed by atoms with Crippen LogP contribution in [0.2, 0.25) is 18.1 Å². The van der Waals surface area contributed by atoms with Crippen LogP contribution in [-0.2, 0) is 9.16 Å². The zero-order valence-corrected chi connectivity index (χ0v) is 21.0. The van der Waals surface area contributed by atoms with Crippen LogP contribution in [0.4, 0.5) is 4.39 Å². The molecule has 0 aliphatic rings. The number of hydrogen-bond donors (Lipinski definition) is 1. The largest absolute Gasteiger partial charge is 0.410 e. The highest BCUT2D eigenvalue weighted by atomic mass is 32.1. The Morgan fingerprint density at radius 3 is 2.55 bits per heavy atom. The lowest BCUT2D eigenvalue weighted by molar-refractivity contribution is 0.0858. The first-order valence-corrected chi connectivity index (χ1v) is 14.0. The van der Waals surface area contributed by atoms with Gasteiger partial charge in [0.1, 0.15) is 5.83 Å². The average Bonchev–Trinajstić information content (AvgIpc) is 3.01. The third-order valence-electron chi connectivity index (χ3n) is 5.27. The SMILES string of the molecule is CC(=Cc1csc(C)n1)[C@H](CC=C(F)COC[C@@H](C)CO)O[Si](C)(C)C(C)(C)C. The van der Waals surface area contributed by atoms with E-state index in [4.69, 9.17) is 14.3 Å². The van der Waals surface area contributed by atoms with Crippen molar-refractivity contribution in [2.75, 3.05) is 19.8 Å². The number of aryl methyl sites for hydroxylation is 1. The molecular formula is C22H38FNO3SSi. The first kappa shape index (κ1) is 26.2. The number of halogens is 1. The minimum absolute atomic E-state index is 0.00390. The highest BCUT2D eigenvalue weighted by molar-refractivity contribution is 7.09. The number of thiazole rings is 1. The van der Waals surface area contributed by atoms with Crippen molar-refractivity contribution in [2.45, 2.75) is 72.2 Å². The van der Waals surface area contributed by atoms with E-state index in [2.05, 4.69) is 38.8 Å². The highest BCUT2D eigenvalue weighted by Crippen LogP contribution is 2.38. The average molecular weight is 444 g/mol. The summed E-state index contributed by atoms with van der Waals surface area (Å²) in [6, 6.07) is 0. The summed E-state index contributed by atoms with van der Waals surface area (Å²) in [7, 11) is -2.03. The van der Waals surface area contributed by atoms with Gasteiger partial charge in [-0.3, -0.25) is 0 Å². The van der Waals surface area contributed by atoms with Crippen molar-refractivity contribution >= 4 is 25.7 Å². The van der Waals surface area contributed by atoms with E-state index in [0.717, 1.165) is 16.3 Å². The fraction of sp³-hybridized carbons (Fsp3) is 0.682. The van der Waals surface area contributed by atoms with Crippen molar-refractivity contribution in [1.82, 2.24) is 4.98 Å². The second kappa shape index (κ2) is 11.5. The molecule has 0 aliphatic heterocycles. The molecule has 166 valence electrons. The summed E-state index contributed by atoms with van der Waals surface area (Å²) >= 11 is 1.61. The van der Waals surface area contributed by atoms with Gasteiger partial charge in [-0.2, -0.15) is 0 Å². The van der Waals surface area contributed by atoms with E-state index in [1.807, 2.05) is 32.2 Å². The number of aliphatic hydroxyl groups excluding tert-OH is 1. The summed E-state index contributed by atoms with van der Waals surface area (Å²) in [5.41, 5.74) is 1.96. The standard InChI is InChI=1S/C22H38FNO3SSi/c1-16(12-25)13-26-14-19(23)9-10-21(27-29(7,8)22(4,5)6)17(2)11-20-15-28-18(3)24-20/h9,11,15-16,21,25H,10,12-14H2,1-8H3/t16-,21-/m0/s1. The molecule has 29 heavy (non-hydrogen) atoms. The normalized spacial score (nSPS) is 16.2. The van der Waals surface area contributed by atoms with Crippen LogP contribution in [0.5, 0.6) is 0 Å². The van der Waals surface area contributed by atoms with E-state index in [9.17, 15) is 4.39 Å². The lowest BCUT2D eigenvalue weighted by Gasteiger charge is -2.39. The summed E-state index contributed by atoms with van der Waals surface area (Å²) in [5.74, 6) is -0.305. The van der Waals surface area contributed by atoms with Gasteiger partial charge in [-0.1, -0.05) is 27.7 Å². The van der Waals surface area contributed by atoms with Gasteiger partial charge in [0.05, 0.1) is 30.0 Å². The molecule has 0 unspecified atom stereocenters. The van der Waals surface area contributed by atoms with Gasteiger partial charge in [0, 0.05) is 17.9 Å². The van der Waals surface area contributed by atoms with Crippen molar-refractivity contribution in [1.29, 1.82) is 0 Å². The molecule has 0 aromatic carbocycles. The van der Waals surface area contributed by atoms with Gasteiger partial charge in [-0.15, -0.1) is 11.3 Å². The first-order valence-electron chi connectivity index (χ1n) is 10.2. The maximum atomic E-state index is 14.3. The van der Waals surface area contributed by atoms with Gasteiger partial charge < -0.3 is 14.3 Å². The molecule has 0 bridgehead atoms. The number of rotatable bonds is 11. The third kappa shape index (κ3) is 9.21. The van der Waals surface area contributed by atoms with Crippen molar-refractivity contribution in [3.63, 3.8) is 0 Å². The third-order valence-corrected chi connectivity index (χ3v) is 10.5. The Bertz CT molecular complexity index is 694. The molecule has 1 N–H and O–H groups in total. The molecule has 1 rings (SSSR count). The van der Waals surface area contributed by atoms with Crippen molar-refractivity contribution < 1.29 is 18.7 Å². The fourth-order valence-corrected chi connectivity index (χ4v) is 4.25. The van der Waals surface area contributed by atoms with Gasteiger partial charge >= 0.3 is 0 Å². The minimum atomic E-state index is -2.03. The Morgan fingerprint density at radius 1 is 1.38 bits per heavy atom. The Hall–Kier alpha value is -0.863. The van der Waals surface area contributed by atoms with E-state index in [0.29, 0.717) is 13.0 Å². The van der Waals surface area contributed by atoms with Gasteiger partial charge in [0.15, 0.2) is 8.32 Å². The molecule has 0 saturated carbocycles. The van der Waals surface area contributed by atoms with Crippen LogP contribution in [0, 0.1) is 12.8 Å². The zero-order valence-electron chi connectivity index (χ0n) is 19.2. The van der Waals surface area contributed by atoms with E-state index in [1.54, 1.807) is 17.4 Å². The van der Waals surface area contributed by atoms with Crippen molar-refractivity contribution in [3.05, 3.63) is 33.6 Å². The Kier molecular flexibility index (Phi) is 10.4. The highest BCUT2D eigenvalue weighted by Gasteiger charge is 2.39. The summed E-state index contributed by atoms with van der Waals surface area (Å²) in [6.45, 7) is 17.2. The monoisotopic (exact) mass is 443 g/mol. The molecular weight excluding hydrogens is 405 g/mol. The molecule has 1 aromatic rings. The van der Waals surface area contributed by atoms with Crippen molar-refractivity contribution in [2.24, 2.45) is 5.92 Å². The molecule has 0 saturated heterocycles. The predicted octanol–water partition coefficient (Wildman–Crippen LogP) is 6.13. The molecule has 7 heteroatoms. The fourth-order valence-electron chi connectivity index (χ4n) is 2.34. The minimum Gasteiger partial charge on any atom is -0.410 e. The number of aliphatic hydroxyl groups is 1. The van der Waals surface area contributed by atoms with E-state index in [1.165, 1.54) is 0 Å². The van der Waals surface area contributed by atoms with E-state index < -0.39 is 8.32 Å². The first-order chi connectivity index (χ1) is 13.4. The van der Waals surface area contributed by atoms with Crippen LogP contribution in [0.1, 0.15) is 51.7 Å². The summed E-state index contributed by atoms with van der Waals surface area (Å²) in [4.78, 5) is 4.51. The van der Waals surface area contributed by atoms with Gasteiger partial charge in [0.25, 0.3) is 0 Å². The Labute approximate surface area is 181 Å². The number of aromatic nitrogens is 1. The maximum absolute atomic E-state index is 14.3. The molecule has 4 nitrogen and oxygen atoms in total. The quantitative estimate of drug-likeness (QED) is 0.418. The topological polar surface area (TPSA) is 51.6 Å². The van der Waals surface area contributed by atoms with Crippen molar-refractivity contribution in [3.8, 4) is 0 Å². The van der Waals surface area contributed by atoms with Crippen LogP contribution in [0.25, 0.3) is 6.08 Å². The molecule has 2 atom stereocenters. The van der Waals surface area contributed by atoms with Crippen LogP contribution >= 0.6 is 11.3 Å². The maximum Gasteiger partial charge on any atom is 0.192 e. The molecule has 0 amide bonds. The molecule has 1 heterocycles. The smallest absolute Gasteiger partial charge is 0.192 e. The molecule has 0 spiro atoms. The van der Waals surface area contributed by atoms with E-state index >= 15 is 0 Å². The summed E-state index contributed by atoms with van der Waals surface area (Å²) in [6.07, 6.45) is 3.83. The van der Waals surface area contributed by atoms with Gasteiger partial charge in [0.2, 0.25) is 0 Å². The zero-order chi connectivity index (χ0) is 22.2. The number of nitrogens with zero attached hydrogens (tertiary/aromatic N) is 1. The molecule has 0 radical (unpaired) electrons. The lowest BCUT2D eigenvalue weighted by atomic mass is 10.1. The number of ether oxygens (including phenoxy) is 1. The number of hydrogen-bond acceptors (Lipinski definition) is 5. The second-order valence-corrected chi connectivity index (χ2v) is 15.1. The van der Waals surface area contributed by atoms with Gasteiger partial charge in [-0.25, -0.2) is 9.37 Å². The van der Waals surface area contributed by atoms with Gasteiger partial charge in [-0.05, 0) is 56.1 Å². The lowest BCUT2D eigenvalue weighted by Crippen LogP contribution is -2.44. The molecule has 0 aliphatic carbocycles. The Morgan fingerprint density at radius 2 is 2.03 bits per heavy atom. The second-order valence-electron chi connectivity index (χ2n) is 9.24. The van der Waals surface area contributed by atoms with Crippen LogP contribution in [-0.4, -0.2) is 44.3 Å². The summed E-state index contributed by atoms with van der Waals surface area (Å²) in [5, 5.41) is 12.1. The van der Waals surface area contributed by atoms with Crippen LogP contribution in [0.15, 0.2) is 22.9 Å². The molecule has 0 fully saturated rings. The van der Waals surface area contributed by atoms with E-state index in [-0.39, 0.29) is 36.1 Å². The Balaban J connectivity index is 2.92. The van der Waals surface area contributed by atoms with Crippen LogP contribution in [0.3, 0.4) is 0 Å².